The van der Waals surface area contributed by atoms with Gasteiger partial charge in [0.25, 0.3) is 5.91 Å². The Morgan fingerprint density at radius 1 is 1.56 bits per heavy atom. The minimum atomic E-state index is -0.667. The highest BCUT2D eigenvalue weighted by Gasteiger charge is 2.17. The second-order valence-corrected chi connectivity index (χ2v) is 3.44. The summed E-state index contributed by atoms with van der Waals surface area (Å²) in [6, 6.07) is -0.667. The minimum Gasteiger partial charge on any atom is -0.396 e. The Balaban J connectivity index is 2.05. The number of nitrogen functional groups attached to an aromatic ring is 1. The minimum absolute atomic E-state index is 0.300. The fraction of sp³-hybridized carbons (Fsp3) is 0.222. The van der Waals surface area contributed by atoms with Gasteiger partial charge in [0.15, 0.2) is 0 Å². The number of anilines is 1. The van der Waals surface area contributed by atoms with Crippen LogP contribution in [0.3, 0.4) is 0 Å². The number of nitrogens with zero attached hydrogens (tertiary/aromatic N) is 3. The molecule has 2 aromatic heterocycles. The fourth-order valence-corrected chi connectivity index (χ4v) is 1.35. The van der Waals surface area contributed by atoms with Crippen LogP contribution < -0.4 is 11.5 Å². The van der Waals surface area contributed by atoms with E-state index in [0.717, 1.165) is 10.4 Å². The summed E-state index contributed by atoms with van der Waals surface area (Å²) in [5, 5.41) is 3.80. The van der Waals surface area contributed by atoms with E-state index in [1.807, 2.05) is 0 Å². The molecule has 0 saturated carbocycles. The van der Waals surface area contributed by atoms with E-state index < -0.39 is 6.04 Å². The van der Waals surface area contributed by atoms with Gasteiger partial charge in [0.2, 0.25) is 0 Å². The van der Waals surface area contributed by atoms with Gasteiger partial charge in [-0.15, -0.1) is 0 Å². The van der Waals surface area contributed by atoms with Crippen LogP contribution in [0.5, 0.6) is 0 Å². The van der Waals surface area contributed by atoms with E-state index in [2.05, 4.69) is 15.1 Å². The summed E-state index contributed by atoms with van der Waals surface area (Å²) in [4.78, 5) is 18.5. The summed E-state index contributed by atoms with van der Waals surface area (Å²) in [6.07, 6.45) is 6.40. The number of imidazole rings is 1. The molecule has 2 rings (SSSR count). The molecular formula is C9H12N6O. The first kappa shape index (κ1) is 10.4. The molecule has 16 heavy (non-hydrogen) atoms. The largest absolute Gasteiger partial charge is 0.396 e. The van der Waals surface area contributed by atoms with Crippen LogP contribution in [0, 0.1) is 0 Å². The molecule has 0 aliphatic rings. The molecule has 0 bridgehead atoms. The first-order valence-corrected chi connectivity index (χ1v) is 4.74. The number of aromatic amines is 1. The third-order valence-corrected chi connectivity index (χ3v) is 2.14. The van der Waals surface area contributed by atoms with Crippen molar-refractivity contribution in [3.63, 3.8) is 0 Å². The van der Waals surface area contributed by atoms with Gasteiger partial charge in [-0.25, -0.2) is 9.67 Å². The zero-order valence-corrected chi connectivity index (χ0v) is 8.50. The van der Waals surface area contributed by atoms with Crippen molar-refractivity contribution < 1.29 is 4.79 Å². The first-order chi connectivity index (χ1) is 7.66. The number of carbonyl (C=O) groups excluding carboxylic acids is 1. The van der Waals surface area contributed by atoms with Crippen LogP contribution in [-0.4, -0.2) is 31.7 Å². The second kappa shape index (κ2) is 4.15. The summed E-state index contributed by atoms with van der Waals surface area (Å²) in [6.45, 7) is 0. The Morgan fingerprint density at radius 2 is 2.38 bits per heavy atom. The molecule has 0 aliphatic heterocycles. The zero-order valence-electron chi connectivity index (χ0n) is 8.50. The molecule has 0 unspecified atom stereocenters. The van der Waals surface area contributed by atoms with E-state index in [4.69, 9.17) is 11.5 Å². The molecule has 0 aliphatic carbocycles. The maximum absolute atomic E-state index is 11.8. The fourth-order valence-electron chi connectivity index (χ4n) is 1.35. The van der Waals surface area contributed by atoms with Gasteiger partial charge in [-0.2, -0.15) is 5.10 Å². The van der Waals surface area contributed by atoms with E-state index in [1.54, 1.807) is 12.5 Å². The molecule has 7 heteroatoms. The first-order valence-electron chi connectivity index (χ1n) is 4.74. The Morgan fingerprint density at radius 3 is 2.94 bits per heavy atom. The SMILES string of the molecule is Nc1cnn(C(=O)[C@@H](N)Cc2cnc[nH]2)c1. The lowest BCUT2D eigenvalue weighted by atomic mass is 10.2. The van der Waals surface area contributed by atoms with Crippen LogP contribution in [0.25, 0.3) is 0 Å². The van der Waals surface area contributed by atoms with Crippen LogP contribution in [-0.2, 0) is 6.42 Å². The molecule has 2 heterocycles. The van der Waals surface area contributed by atoms with Crippen molar-refractivity contribution in [2.24, 2.45) is 5.73 Å². The summed E-state index contributed by atoms with van der Waals surface area (Å²) in [5.74, 6) is -0.300. The van der Waals surface area contributed by atoms with Gasteiger partial charge in [-0.1, -0.05) is 0 Å². The summed E-state index contributed by atoms with van der Waals surface area (Å²) < 4.78 is 1.15. The van der Waals surface area contributed by atoms with Crippen molar-refractivity contribution in [1.82, 2.24) is 19.7 Å². The third kappa shape index (κ3) is 2.09. The molecule has 7 nitrogen and oxygen atoms in total. The van der Waals surface area contributed by atoms with Crippen LogP contribution in [0.15, 0.2) is 24.9 Å². The second-order valence-electron chi connectivity index (χ2n) is 3.44. The number of nitrogens with one attached hydrogen (secondary N) is 1. The molecule has 1 atom stereocenters. The lowest BCUT2D eigenvalue weighted by Crippen LogP contribution is -2.37. The summed E-state index contributed by atoms with van der Waals surface area (Å²) >= 11 is 0. The number of nitrogens with two attached hydrogens (primary N) is 2. The molecule has 84 valence electrons. The van der Waals surface area contributed by atoms with E-state index >= 15 is 0 Å². The average molecular weight is 220 g/mol. The van der Waals surface area contributed by atoms with E-state index in [-0.39, 0.29) is 5.91 Å². The van der Waals surface area contributed by atoms with Gasteiger partial charge in [0.05, 0.1) is 30.5 Å². The molecular weight excluding hydrogens is 208 g/mol. The predicted molar refractivity (Wildman–Crippen MR) is 57.5 cm³/mol. The molecule has 5 N–H and O–H groups in total. The predicted octanol–water partition coefficient (Wildman–Crippen LogP) is -0.601. The molecule has 2 aromatic rings. The molecule has 0 radical (unpaired) electrons. The van der Waals surface area contributed by atoms with Gasteiger partial charge in [0, 0.05) is 18.3 Å². The number of hydrogen-bond acceptors (Lipinski definition) is 5. The van der Waals surface area contributed by atoms with Gasteiger partial charge in [0.1, 0.15) is 0 Å². The third-order valence-electron chi connectivity index (χ3n) is 2.14. The van der Waals surface area contributed by atoms with E-state index in [9.17, 15) is 4.79 Å². The molecule has 0 spiro atoms. The number of hydrogen-bond donors (Lipinski definition) is 3. The average Bonchev–Trinajstić information content (AvgIpc) is 2.88. The Bertz CT molecular complexity index is 474. The van der Waals surface area contributed by atoms with Gasteiger partial charge in [-0.3, -0.25) is 4.79 Å². The summed E-state index contributed by atoms with van der Waals surface area (Å²) in [7, 11) is 0. The van der Waals surface area contributed by atoms with Crippen molar-refractivity contribution in [1.29, 1.82) is 0 Å². The Hall–Kier alpha value is -2.15. The van der Waals surface area contributed by atoms with Crippen molar-refractivity contribution in [3.8, 4) is 0 Å². The monoisotopic (exact) mass is 220 g/mol. The maximum atomic E-state index is 11.8. The number of aromatic nitrogens is 4. The Kier molecular flexibility index (Phi) is 2.69. The van der Waals surface area contributed by atoms with Crippen LogP contribution >= 0.6 is 0 Å². The quantitative estimate of drug-likeness (QED) is 0.638. The number of carbonyl (C=O) groups is 1. The lowest BCUT2D eigenvalue weighted by molar-refractivity contribution is 0.0862. The van der Waals surface area contributed by atoms with Gasteiger partial charge >= 0.3 is 0 Å². The van der Waals surface area contributed by atoms with Gasteiger partial charge in [-0.05, 0) is 0 Å². The van der Waals surface area contributed by atoms with Crippen LogP contribution in [0.4, 0.5) is 5.69 Å². The van der Waals surface area contributed by atoms with Crippen molar-refractivity contribution >= 4 is 11.6 Å². The van der Waals surface area contributed by atoms with Gasteiger partial charge < -0.3 is 16.5 Å². The molecule has 0 amide bonds. The summed E-state index contributed by atoms with van der Waals surface area (Å²) in [5.41, 5.74) is 12.4. The van der Waals surface area contributed by atoms with E-state index in [1.165, 1.54) is 12.4 Å². The highest BCUT2D eigenvalue weighted by Crippen LogP contribution is 2.02. The maximum Gasteiger partial charge on any atom is 0.264 e. The lowest BCUT2D eigenvalue weighted by Gasteiger charge is -2.08. The standard InChI is InChI=1S/C9H12N6O/c10-6-2-14-15(4-6)9(16)8(11)1-7-3-12-5-13-7/h2-5,8H,1,10-11H2,(H,12,13)/t8-/m0/s1. The topological polar surface area (TPSA) is 116 Å². The number of rotatable bonds is 3. The van der Waals surface area contributed by atoms with Crippen LogP contribution in [0.2, 0.25) is 0 Å². The van der Waals surface area contributed by atoms with E-state index in [0.29, 0.717) is 12.1 Å². The zero-order chi connectivity index (χ0) is 11.5. The van der Waals surface area contributed by atoms with Crippen molar-refractivity contribution in [2.75, 3.05) is 5.73 Å². The Labute approximate surface area is 91.5 Å². The van der Waals surface area contributed by atoms with Crippen LogP contribution in [0.1, 0.15) is 10.5 Å². The molecule has 0 saturated heterocycles. The smallest absolute Gasteiger partial charge is 0.264 e. The normalized spacial score (nSPS) is 12.6. The molecule has 0 aromatic carbocycles. The number of H-pyrrole nitrogens is 1. The molecule has 0 fully saturated rings. The highest BCUT2D eigenvalue weighted by atomic mass is 16.2. The highest BCUT2D eigenvalue weighted by molar-refractivity contribution is 5.83. The van der Waals surface area contributed by atoms with Crippen molar-refractivity contribution in [2.45, 2.75) is 12.5 Å². The van der Waals surface area contributed by atoms with Crippen molar-refractivity contribution in [3.05, 3.63) is 30.6 Å².